The van der Waals surface area contributed by atoms with E-state index in [-0.39, 0.29) is 4.90 Å². The average Bonchev–Trinajstić information content (AvgIpc) is 2.63. The molecule has 0 heterocycles. The van der Waals surface area contributed by atoms with Crippen LogP contribution in [0.4, 0.5) is 10.1 Å². The Kier molecular flexibility index (Phi) is 6.87. The Hall–Kier alpha value is -2.78. The van der Waals surface area contributed by atoms with Crippen molar-refractivity contribution in [2.45, 2.75) is 31.8 Å². The van der Waals surface area contributed by atoms with Crippen LogP contribution in [-0.2, 0) is 24.3 Å². The quantitative estimate of drug-likeness (QED) is 0.685. The van der Waals surface area contributed by atoms with Gasteiger partial charge >= 0.3 is 5.97 Å². The van der Waals surface area contributed by atoms with Gasteiger partial charge < -0.3 is 10.1 Å². The van der Waals surface area contributed by atoms with Crippen LogP contribution in [0.5, 0.6) is 0 Å². The summed E-state index contributed by atoms with van der Waals surface area (Å²) < 4.78 is 44.0. The van der Waals surface area contributed by atoms with E-state index in [1.807, 2.05) is 30.7 Å². The van der Waals surface area contributed by atoms with Crippen molar-refractivity contribution in [1.82, 2.24) is 4.72 Å². The van der Waals surface area contributed by atoms with Gasteiger partial charge in [-0.05, 0) is 62.2 Å². The van der Waals surface area contributed by atoms with Gasteiger partial charge in [0.25, 0.3) is 5.91 Å². The number of carbonyl (C=O) groups excluding carboxylic acids is 2. The smallest absolute Gasteiger partial charge is 0.321 e. The predicted molar refractivity (Wildman–Crippen MR) is 102 cm³/mol. The van der Waals surface area contributed by atoms with Gasteiger partial charge in [-0.3, -0.25) is 9.59 Å². The normalized spacial score (nSPS) is 12.3. The summed E-state index contributed by atoms with van der Waals surface area (Å²) in [5.74, 6) is -2.04. The molecule has 28 heavy (non-hydrogen) atoms. The first-order valence-corrected chi connectivity index (χ1v) is 9.89. The van der Waals surface area contributed by atoms with Crippen molar-refractivity contribution >= 4 is 27.6 Å². The maximum Gasteiger partial charge on any atom is 0.321 e. The van der Waals surface area contributed by atoms with Gasteiger partial charge in [0.2, 0.25) is 10.0 Å². The number of sulfonamides is 1. The first kappa shape index (κ1) is 21.5. The number of carbonyl (C=O) groups is 2. The third-order valence-corrected chi connectivity index (χ3v) is 5.28. The summed E-state index contributed by atoms with van der Waals surface area (Å²) >= 11 is 0. The van der Waals surface area contributed by atoms with Gasteiger partial charge in [-0.1, -0.05) is 12.1 Å². The topological polar surface area (TPSA) is 102 Å². The number of esters is 1. The van der Waals surface area contributed by atoms with Crippen LogP contribution in [0.2, 0.25) is 0 Å². The molecule has 0 bridgehead atoms. The second-order valence-corrected chi connectivity index (χ2v) is 7.99. The molecule has 0 aromatic heterocycles. The van der Waals surface area contributed by atoms with E-state index >= 15 is 0 Å². The van der Waals surface area contributed by atoms with Crippen LogP contribution in [0.15, 0.2) is 47.4 Å². The molecule has 2 rings (SSSR count). The van der Waals surface area contributed by atoms with Crippen LogP contribution < -0.4 is 10.0 Å². The zero-order valence-electron chi connectivity index (χ0n) is 15.7. The van der Waals surface area contributed by atoms with E-state index in [4.69, 9.17) is 4.74 Å². The predicted octanol–water partition coefficient (Wildman–Crippen LogP) is 2.29. The highest BCUT2D eigenvalue weighted by molar-refractivity contribution is 7.89. The number of aryl methyl sites for hydroxylation is 2. The zero-order chi connectivity index (χ0) is 20.9. The van der Waals surface area contributed by atoms with E-state index in [1.165, 1.54) is 6.92 Å². The summed E-state index contributed by atoms with van der Waals surface area (Å²) in [7, 11) is -4.01. The van der Waals surface area contributed by atoms with Crippen molar-refractivity contribution in [1.29, 1.82) is 0 Å². The van der Waals surface area contributed by atoms with Crippen molar-refractivity contribution < 1.29 is 27.1 Å². The number of benzene rings is 2. The summed E-state index contributed by atoms with van der Waals surface area (Å²) in [5.41, 5.74) is 2.41. The van der Waals surface area contributed by atoms with E-state index in [9.17, 15) is 22.4 Å². The number of rotatable bonds is 7. The van der Waals surface area contributed by atoms with Crippen LogP contribution in [-0.4, -0.2) is 32.9 Å². The highest BCUT2D eigenvalue weighted by atomic mass is 32.2. The molecule has 0 spiro atoms. The molecule has 1 atom stereocenters. The lowest BCUT2D eigenvalue weighted by atomic mass is 10.1. The maximum atomic E-state index is 12.9. The zero-order valence-corrected chi connectivity index (χ0v) is 16.5. The summed E-state index contributed by atoms with van der Waals surface area (Å²) in [6.07, 6.45) is -1.12. The molecule has 150 valence electrons. The highest BCUT2D eigenvalue weighted by Gasteiger charge is 2.21. The Morgan fingerprint density at radius 1 is 1.11 bits per heavy atom. The fraction of sp³-hybridized carbons (Fsp3) is 0.263. The first-order chi connectivity index (χ1) is 13.1. The molecule has 0 radical (unpaired) electrons. The summed E-state index contributed by atoms with van der Waals surface area (Å²) in [6, 6.07) is 9.68. The molecule has 2 aromatic carbocycles. The van der Waals surface area contributed by atoms with Crippen molar-refractivity contribution in [3.05, 3.63) is 59.4 Å². The lowest BCUT2D eigenvalue weighted by Crippen LogP contribution is -2.36. The molecule has 7 nitrogen and oxygen atoms in total. The van der Waals surface area contributed by atoms with Crippen LogP contribution in [0.25, 0.3) is 0 Å². The molecule has 2 aromatic rings. The largest absolute Gasteiger partial charge is 0.452 e. The number of hydrogen-bond donors (Lipinski definition) is 2. The Balaban J connectivity index is 1.90. The van der Waals surface area contributed by atoms with Gasteiger partial charge in [-0.15, -0.1) is 0 Å². The first-order valence-electron chi connectivity index (χ1n) is 8.41. The van der Waals surface area contributed by atoms with Gasteiger partial charge in [-0.2, -0.15) is 4.72 Å². The standard InChI is InChI=1S/C19H21FN2O5S/c1-12-4-5-13(2)17(10-12)22-19(24)14(3)27-18(23)11-21-28(25,26)16-8-6-15(20)7-9-16/h4-10,14,21H,11H2,1-3H3,(H,22,24)/t14-/m1/s1. The fourth-order valence-electron chi connectivity index (χ4n) is 2.25. The molecule has 0 fully saturated rings. The Bertz CT molecular complexity index is 974. The Morgan fingerprint density at radius 3 is 2.39 bits per heavy atom. The van der Waals surface area contributed by atoms with Crippen molar-refractivity contribution in [3.8, 4) is 0 Å². The molecular formula is C19H21FN2O5S. The van der Waals surface area contributed by atoms with E-state index < -0.39 is 40.4 Å². The van der Waals surface area contributed by atoms with Gasteiger partial charge in [0.1, 0.15) is 12.4 Å². The van der Waals surface area contributed by atoms with E-state index in [0.29, 0.717) is 5.69 Å². The average molecular weight is 408 g/mol. The molecule has 2 N–H and O–H groups in total. The van der Waals surface area contributed by atoms with Crippen LogP contribution in [0.3, 0.4) is 0 Å². The Labute approximate surface area is 163 Å². The SMILES string of the molecule is Cc1ccc(C)c(NC(=O)[C@@H](C)OC(=O)CNS(=O)(=O)c2ccc(F)cc2)c1. The molecule has 1 amide bonds. The molecular weight excluding hydrogens is 387 g/mol. The molecule has 0 aliphatic carbocycles. The maximum absolute atomic E-state index is 12.9. The third-order valence-electron chi connectivity index (χ3n) is 3.86. The van der Waals surface area contributed by atoms with Crippen LogP contribution in [0.1, 0.15) is 18.1 Å². The molecule has 0 aliphatic heterocycles. The van der Waals surface area contributed by atoms with Gasteiger partial charge in [0, 0.05) is 5.69 Å². The number of hydrogen-bond acceptors (Lipinski definition) is 5. The Morgan fingerprint density at radius 2 is 1.75 bits per heavy atom. The highest BCUT2D eigenvalue weighted by Crippen LogP contribution is 2.17. The summed E-state index contributed by atoms with van der Waals surface area (Å²) in [5, 5.41) is 2.67. The van der Waals surface area contributed by atoms with E-state index in [0.717, 1.165) is 35.4 Å². The molecule has 0 aliphatic rings. The molecule has 0 unspecified atom stereocenters. The number of halogens is 1. The summed E-state index contributed by atoms with van der Waals surface area (Å²) in [4.78, 5) is 23.9. The number of anilines is 1. The van der Waals surface area contributed by atoms with Crippen LogP contribution in [0, 0.1) is 19.7 Å². The van der Waals surface area contributed by atoms with Crippen molar-refractivity contribution in [2.24, 2.45) is 0 Å². The second-order valence-electron chi connectivity index (χ2n) is 6.22. The van der Waals surface area contributed by atoms with Crippen LogP contribution >= 0.6 is 0 Å². The minimum atomic E-state index is -4.01. The van der Waals surface area contributed by atoms with Gasteiger partial charge in [0.05, 0.1) is 4.90 Å². The fourth-order valence-corrected chi connectivity index (χ4v) is 3.22. The molecule has 9 heteroatoms. The number of ether oxygens (including phenoxy) is 1. The van der Waals surface area contributed by atoms with Crippen molar-refractivity contribution in [3.63, 3.8) is 0 Å². The molecule has 0 saturated heterocycles. The van der Waals surface area contributed by atoms with Gasteiger partial charge in [0.15, 0.2) is 6.10 Å². The summed E-state index contributed by atoms with van der Waals surface area (Å²) in [6.45, 7) is 4.43. The lowest BCUT2D eigenvalue weighted by Gasteiger charge is -2.15. The number of amides is 1. The third kappa shape index (κ3) is 5.86. The minimum Gasteiger partial charge on any atom is -0.452 e. The monoisotopic (exact) mass is 408 g/mol. The van der Waals surface area contributed by atoms with E-state index in [1.54, 1.807) is 6.07 Å². The minimum absolute atomic E-state index is 0.192. The van der Waals surface area contributed by atoms with Crippen molar-refractivity contribution in [2.75, 3.05) is 11.9 Å². The molecule has 0 saturated carbocycles. The number of nitrogens with one attached hydrogen (secondary N) is 2. The van der Waals surface area contributed by atoms with E-state index in [2.05, 4.69) is 5.32 Å². The second kappa shape index (κ2) is 8.94. The van der Waals surface area contributed by atoms with Gasteiger partial charge in [-0.25, -0.2) is 12.8 Å². The lowest BCUT2D eigenvalue weighted by molar-refractivity contribution is -0.151.